The molecule has 0 aliphatic carbocycles. The molecule has 1 saturated heterocycles. The van der Waals surface area contributed by atoms with Gasteiger partial charge >= 0.3 is 5.69 Å². The van der Waals surface area contributed by atoms with Crippen LogP contribution in [0.3, 0.4) is 0 Å². The fourth-order valence-electron chi connectivity index (χ4n) is 3.03. The zero-order chi connectivity index (χ0) is 15.7. The van der Waals surface area contributed by atoms with Crippen molar-refractivity contribution in [3.63, 3.8) is 0 Å². The van der Waals surface area contributed by atoms with Crippen LogP contribution in [0.15, 0.2) is 9.59 Å². The Morgan fingerprint density at radius 2 is 1.86 bits per heavy atom. The fraction of sp³-hybridized carbons (Fsp3) is 0.643. The van der Waals surface area contributed by atoms with Gasteiger partial charge in [0.15, 0.2) is 11.2 Å². The summed E-state index contributed by atoms with van der Waals surface area (Å²) in [6, 6.07) is 0. The van der Waals surface area contributed by atoms with Gasteiger partial charge in [0.05, 0.1) is 0 Å². The predicted octanol–water partition coefficient (Wildman–Crippen LogP) is 1.04. The van der Waals surface area contributed by atoms with Gasteiger partial charge in [0, 0.05) is 32.6 Å². The van der Waals surface area contributed by atoms with E-state index in [-0.39, 0.29) is 0 Å². The fourth-order valence-corrected chi connectivity index (χ4v) is 3.20. The molecule has 1 aliphatic rings. The highest BCUT2D eigenvalue weighted by molar-refractivity contribution is 6.17. The first-order valence-corrected chi connectivity index (χ1v) is 8.17. The standard InChI is InChI=1S/C14H20ClN5O2/c1-18-11-10(12(21)17-14(18)22)20(9-6-15)13(16-11)19-7-4-2-3-5-8-19/h2-9H2,1H3,(H,17,21,22). The zero-order valence-corrected chi connectivity index (χ0v) is 13.4. The molecule has 0 saturated carbocycles. The van der Waals surface area contributed by atoms with Crippen LogP contribution in [0.1, 0.15) is 25.7 Å². The number of anilines is 1. The molecule has 120 valence electrons. The molecule has 0 radical (unpaired) electrons. The highest BCUT2D eigenvalue weighted by atomic mass is 35.5. The topological polar surface area (TPSA) is 75.9 Å². The number of aryl methyl sites for hydroxylation is 2. The van der Waals surface area contributed by atoms with Crippen LogP contribution in [0, 0.1) is 0 Å². The van der Waals surface area contributed by atoms with Crippen LogP contribution in [0.5, 0.6) is 0 Å². The first kappa shape index (κ1) is 15.1. The lowest BCUT2D eigenvalue weighted by Gasteiger charge is -2.22. The number of rotatable bonds is 3. The average Bonchev–Trinajstić information content (AvgIpc) is 2.69. The molecule has 0 bridgehead atoms. The van der Waals surface area contributed by atoms with E-state index >= 15 is 0 Å². The van der Waals surface area contributed by atoms with E-state index in [4.69, 9.17) is 11.6 Å². The monoisotopic (exact) mass is 325 g/mol. The first-order valence-electron chi connectivity index (χ1n) is 7.64. The van der Waals surface area contributed by atoms with Gasteiger partial charge in [0.2, 0.25) is 5.95 Å². The molecule has 22 heavy (non-hydrogen) atoms. The van der Waals surface area contributed by atoms with Gasteiger partial charge < -0.3 is 9.47 Å². The number of halogens is 1. The highest BCUT2D eigenvalue weighted by Crippen LogP contribution is 2.22. The lowest BCUT2D eigenvalue weighted by molar-refractivity contribution is 0.704. The minimum absolute atomic E-state index is 0.384. The second-order valence-corrected chi connectivity index (χ2v) is 6.02. The summed E-state index contributed by atoms with van der Waals surface area (Å²) in [5.74, 6) is 1.12. The molecule has 2 aromatic rings. The molecule has 8 heteroatoms. The van der Waals surface area contributed by atoms with Gasteiger partial charge in [-0.25, -0.2) is 4.79 Å². The molecule has 3 heterocycles. The number of alkyl halides is 1. The summed E-state index contributed by atoms with van der Waals surface area (Å²) in [4.78, 5) is 33.1. The van der Waals surface area contributed by atoms with Crippen molar-refractivity contribution in [2.24, 2.45) is 7.05 Å². The van der Waals surface area contributed by atoms with Crippen molar-refractivity contribution in [1.29, 1.82) is 0 Å². The molecule has 1 aliphatic heterocycles. The molecule has 2 aromatic heterocycles. The number of aromatic amines is 1. The lowest BCUT2D eigenvalue weighted by Crippen LogP contribution is -2.30. The Labute approximate surface area is 132 Å². The SMILES string of the molecule is Cn1c(=O)[nH]c(=O)c2c1nc(N1CCCCCC1)n2CCCl. The number of imidazole rings is 1. The molecule has 1 fully saturated rings. The third-order valence-electron chi connectivity index (χ3n) is 4.18. The Balaban J connectivity index is 2.22. The molecule has 7 nitrogen and oxygen atoms in total. The van der Waals surface area contributed by atoms with Crippen LogP contribution in [0.25, 0.3) is 11.2 Å². The number of nitrogens with one attached hydrogen (secondary N) is 1. The first-order chi connectivity index (χ1) is 10.6. The van der Waals surface area contributed by atoms with Crippen LogP contribution in [0.2, 0.25) is 0 Å². The van der Waals surface area contributed by atoms with E-state index in [0.717, 1.165) is 31.9 Å². The van der Waals surface area contributed by atoms with Crippen LogP contribution < -0.4 is 16.1 Å². The maximum Gasteiger partial charge on any atom is 0.329 e. The van der Waals surface area contributed by atoms with Crippen molar-refractivity contribution in [3.8, 4) is 0 Å². The molecule has 0 aromatic carbocycles. The van der Waals surface area contributed by atoms with Gasteiger partial charge in [0.1, 0.15) is 0 Å². The van der Waals surface area contributed by atoms with E-state index in [9.17, 15) is 9.59 Å². The van der Waals surface area contributed by atoms with Crippen LogP contribution >= 0.6 is 11.6 Å². The van der Waals surface area contributed by atoms with Gasteiger partial charge in [-0.15, -0.1) is 11.6 Å². The third-order valence-corrected chi connectivity index (χ3v) is 4.35. The normalized spacial score (nSPS) is 16.2. The summed E-state index contributed by atoms with van der Waals surface area (Å²) in [5.41, 5.74) is -0.0210. The molecule has 0 amide bonds. The van der Waals surface area contributed by atoms with Crippen LogP contribution in [-0.4, -0.2) is 38.1 Å². The van der Waals surface area contributed by atoms with Gasteiger partial charge in [-0.1, -0.05) is 12.8 Å². The summed E-state index contributed by atoms with van der Waals surface area (Å²) in [6.07, 6.45) is 4.65. The smallest absolute Gasteiger partial charge is 0.329 e. The van der Waals surface area contributed by atoms with E-state index in [1.165, 1.54) is 17.4 Å². The van der Waals surface area contributed by atoms with Gasteiger partial charge in [-0.05, 0) is 12.8 Å². The summed E-state index contributed by atoms with van der Waals surface area (Å²) >= 11 is 5.91. The van der Waals surface area contributed by atoms with Gasteiger partial charge in [-0.2, -0.15) is 4.98 Å². The zero-order valence-electron chi connectivity index (χ0n) is 12.6. The highest BCUT2D eigenvalue weighted by Gasteiger charge is 2.21. The third kappa shape index (κ3) is 2.54. The van der Waals surface area contributed by atoms with E-state index in [1.807, 2.05) is 4.57 Å². The van der Waals surface area contributed by atoms with Gasteiger partial charge in [-0.3, -0.25) is 14.3 Å². The van der Waals surface area contributed by atoms with Crippen LogP contribution in [-0.2, 0) is 13.6 Å². The number of hydrogen-bond donors (Lipinski definition) is 1. The quantitative estimate of drug-likeness (QED) is 0.856. The van der Waals surface area contributed by atoms with Crippen molar-refractivity contribution in [3.05, 3.63) is 20.8 Å². The number of aromatic nitrogens is 4. The molecule has 1 N–H and O–H groups in total. The second kappa shape index (κ2) is 6.16. The van der Waals surface area contributed by atoms with Crippen molar-refractivity contribution < 1.29 is 0 Å². The summed E-state index contributed by atoms with van der Waals surface area (Å²) < 4.78 is 3.22. The van der Waals surface area contributed by atoms with Crippen molar-refractivity contribution >= 4 is 28.7 Å². The number of nitrogens with zero attached hydrogens (tertiary/aromatic N) is 4. The lowest BCUT2D eigenvalue weighted by atomic mass is 10.2. The Kier molecular flexibility index (Phi) is 4.24. The Hall–Kier alpha value is -1.76. The number of fused-ring (bicyclic) bond motifs is 1. The molecule has 3 rings (SSSR count). The van der Waals surface area contributed by atoms with Crippen molar-refractivity contribution in [1.82, 2.24) is 19.1 Å². The average molecular weight is 326 g/mol. The van der Waals surface area contributed by atoms with Crippen molar-refractivity contribution in [2.75, 3.05) is 23.9 Å². The molecule has 0 unspecified atom stereocenters. The van der Waals surface area contributed by atoms with E-state index in [0.29, 0.717) is 23.6 Å². The second-order valence-electron chi connectivity index (χ2n) is 5.64. The molecular formula is C14H20ClN5O2. The molecule has 0 atom stereocenters. The summed E-state index contributed by atoms with van der Waals surface area (Å²) in [5, 5.41) is 0. The van der Waals surface area contributed by atoms with Crippen LogP contribution in [0.4, 0.5) is 5.95 Å². The Morgan fingerprint density at radius 1 is 1.18 bits per heavy atom. The largest absolute Gasteiger partial charge is 0.342 e. The maximum absolute atomic E-state index is 12.2. The Morgan fingerprint density at radius 3 is 2.50 bits per heavy atom. The Bertz CT molecular complexity index is 783. The van der Waals surface area contributed by atoms with E-state index in [2.05, 4.69) is 14.9 Å². The number of hydrogen-bond acceptors (Lipinski definition) is 4. The molecular weight excluding hydrogens is 306 g/mol. The minimum atomic E-state index is -0.449. The van der Waals surface area contributed by atoms with E-state index < -0.39 is 11.2 Å². The summed E-state index contributed by atoms with van der Waals surface area (Å²) in [6.45, 7) is 2.32. The maximum atomic E-state index is 12.2. The predicted molar refractivity (Wildman–Crippen MR) is 87.0 cm³/mol. The van der Waals surface area contributed by atoms with Crippen molar-refractivity contribution in [2.45, 2.75) is 32.2 Å². The minimum Gasteiger partial charge on any atom is -0.342 e. The number of H-pyrrole nitrogens is 1. The molecule has 0 spiro atoms. The van der Waals surface area contributed by atoms with E-state index in [1.54, 1.807) is 7.05 Å². The van der Waals surface area contributed by atoms with Gasteiger partial charge in [0.25, 0.3) is 5.56 Å². The summed E-state index contributed by atoms with van der Waals surface area (Å²) in [7, 11) is 1.62.